The van der Waals surface area contributed by atoms with Crippen LogP contribution in [-0.4, -0.2) is 9.65 Å². The van der Waals surface area contributed by atoms with E-state index in [0.29, 0.717) is 9.65 Å². The number of hydrogen-bond acceptors (Lipinski definition) is 0. The van der Waals surface area contributed by atoms with E-state index >= 15 is 0 Å². The molecule has 4 rings (SSSR count). The summed E-state index contributed by atoms with van der Waals surface area (Å²) in [6.07, 6.45) is 12.8. The first kappa shape index (κ1) is 32.7. The van der Waals surface area contributed by atoms with E-state index in [4.69, 9.17) is 0 Å². The number of benzene rings is 4. The summed E-state index contributed by atoms with van der Waals surface area (Å²) in [5.74, 6) is 0. The smallest absolute Gasteiger partial charge is 0.0325 e. The van der Waals surface area contributed by atoms with Crippen LogP contribution >= 0.6 is 31.9 Å². The van der Waals surface area contributed by atoms with Crippen molar-refractivity contribution in [3.8, 4) is 0 Å². The Bertz CT molecular complexity index is 1080. The normalized spacial score (nSPS) is 13.5. The van der Waals surface area contributed by atoms with E-state index in [0.717, 1.165) is 0 Å². The summed E-state index contributed by atoms with van der Waals surface area (Å²) in [5, 5.41) is 0. The summed E-state index contributed by atoms with van der Waals surface area (Å²) in [7, 11) is 0. The Hall–Kier alpha value is -2.16. The van der Waals surface area contributed by atoms with Crippen molar-refractivity contribution in [3.05, 3.63) is 144 Å². The maximum absolute atomic E-state index is 4.04. The maximum Gasteiger partial charge on any atom is 0.0325 e. The van der Waals surface area contributed by atoms with Crippen molar-refractivity contribution in [1.29, 1.82) is 0 Å². The highest BCUT2D eigenvalue weighted by atomic mass is 79.9. The van der Waals surface area contributed by atoms with Crippen LogP contribution < -0.4 is 0 Å². The Labute approximate surface area is 272 Å². The van der Waals surface area contributed by atoms with Crippen molar-refractivity contribution in [3.63, 3.8) is 0 Å². The predicted octanol–water partition coefficient (Wildman–Crippen LogP) is 12.4. The predicted molar refractivity (Wildman–Crippen MR) is 190 cm³/mol. The summed E-state index contributed by atoms with van der Waals surface area (Å²) in [4.78, 5) is 0.715. The van der Waals surface area contributed by atoms with Gasteiger partial charge in [0.25, 0.3) is 0 Å². The Kier molecular flexibility index (Phi) is 13.0. The second-order valence-electron chi connectivity index (χ2n) is 12.0. The van der Waals surface area contributed by atoms with E-state index in [1.807, 2.05) is 0 Å². The lowest BCUT2D eigenvalue weighted by atomic mass is 9.69. The van der Waals surface area contributed by atoms with Crippen LogP contribution in [0, 0.1) is 0 Å². The van der Waals surface area contributed by atoms with E-state index in [9.17, 15) is 0 Å². The third-order valence-corrected chi connectivity index (χ3v) is 11.0. The summed E-state index contributed by atoms with van der Waals surface area (Å²) < 4.78 is 0. The van der Waals surface area contributed by atoms with Crippen molar-refractivity contribution in [1.82, 2.24) is 0 Å². The van der Waals surface area contributed by atoms with E-state index < -0.39 is 0 Å². The molecule has 0 nitrogen and oxygen atoms in total. The van der Waals surface area contributed by atoms with Crippen LogP contribution in [0.3, 0.4) is 0 Å². The van der Waals surface area contributed by atoms with Crippen LogP contribution in [0.2, 0.25) is 0 Å². The van der Waals surface area contributed by atoms with Gasteiger partial charge in [0.1, 0.15) is 0 Å². The molecule has 2 unspecified atom stereocenters. The largest absolute Gasteiger partial charge is 0.0880 e. The van der Waals surface area contributed by atoms with Crippen molar-refractivity contribution >= 4 is 31.9 Å². The van der Waals surface area contributed by atoms with Crippen LogP contribution in [0.25, 0.3) is 0 Å². The lowest BCUT2D eigenvalue weighted by Gasteiger charge is -2.38. The molecule has 0 saturated heterocycles. The Morgan fingerprint density at radius 3 is 0.810 bits per heavy atom. The van der Waals surface area contributed by atoms with Gasteiger partial charge in [0, 0.05) is 20.5 Å². The first-order chi connectivity index (χ1) is 20.5. The Balaban J connectivity index is 1.26. The molecule has 222 valence electrons. The average Bonchev–Trinajstić information content (AvgIpc) is 3.03. The van der Waals surface area contributed by atoms with Gasteiger partial charge in [-0.05, 0) is 35.1 Å². The number of unbranched alkanes of at least 4 members (excludes halogenated alkanes) is 7. The molecule has 2 atom stereocenters. The van der Waals surface area contributed by atoms with Gasteiger partial charge in [-0.1, -0.05) is 218 Å². The molecule has 42 heavy (non-hydrogen) atoms. The second kappa shape index (κ2) is 16.6. The maximum atomic E-state index is 4.04. The third kappa shape index (κ3) is 7.86. The molecule has 2 heteroatoms. The molecule has 0 spiro atoms. The minimum atomic E-state index is -0.000911. The molecule has 0 heterocycles. The number of halogens is 2. The van der Waals surface area contributed by atoms with Gasteiger partial charge >= 0.3 is 0 Å². The molecule has 0 saturated carbocycles. The van der Waals surface area contributed by atoms with E-state index in [2.05, 4.69) is 167 Å². The zero-order valence-electron chi connectivity index (χ0n) is 25.5. The van der Waals surface area contributed by atoms with Crippen LogP contribution in [0.5, 0.6) is 0 Å². The van der Waals surface area contributed by atoms with Gasteiger partial charge in [0.05, 0.1) is 0 Å². The van der Waals surface area contributed by atoms with Gasteiger partial charge in [-0.25, -0.2) is 0 Å². The van der Waals surface area contributed by atoms with Gasteiger partial charge in [-0.2, -0.15) is 0 Å². The van der Waals surface area contributed by atoms with Gasteiger partial charge in [-0.15, -0.1) is 0 Å². The van der Waals surface area contributed by atoms with Crippen molar-refractivity contribution < 1.29 is 0 Å². The minimum Gasteiger partial charge on any atom is -0.0880 e. The Morgan fingerprint density at radius 1 is 0.381 bits per heavy atom. The zero-order valence-corrected chi connectivity index (χ0v) is 28.7. The Morgan fingerprint density at radius 2 is 0.595 bits per heavy atom. The molecule has 0 aromatic heterocycles. The highest BCUT2D eigenvalue weighted by molar-refractivity contribution is 9.09. The average molecular weight is 689 g/mol. The molecule has 0 radical (unpaired) electrons. The summed E-state index contributed by atoms with van der Waals surface area (Å²) in [5.41, 5.74) is 5.67. The fourth-order valence-corrected chi connectivity index (χ4v) is 8.55. The van der Waals surface area contributed by atoms with Crippen molar-refractivity contribution in [2.45, 2.75) is 98.5 Å². The van der Waals surface area contributed by atoms with E-state index in [1.165, 1.54) is 86.5 Å². The molecule has 4 aromatic rings. The number of rotatable bonds is 17. The first-order valence-corrected chi connectivity index (χ1v) is 17.8. The molecule has 0 fully saturated rings. The lowest BCUT2D eigenvalue weighted by Crippen LogP contribution is -2.35. The second-order valence-corrected chi connectivity index (χ2v) is 14.7. The molecule has 4 aromatic carbocycles. The molecule has 0 amide bonds. The minimum absolute atomic E-state index is 0.000911. The van der Waals surface area contributed by atoms with Gasteiger partial charge < -0.3 is 0 Å². The molecule has 0 aliphatic carbocycles. The summed E-state index contributed by atoms with van der Waals surface area (Å²) in [6, 6.07) is 44.5. The highest BCUT2D eigenvalue weighted by Crippen LogP contribution is 2.45. The first-order valence-electron chi connectivity index (χ1n) is 16.0. The number of alkyl halides is 2. The van der Waals surface area contributed by atoms with Gasteiger partial charge in [0.15, 0.2) is 0 Å². The van der Waals surface area contributed by atoms with Crippen LogP contribution in [0.4, 0.5) is 0 Å². The number of hydrogen-bond donors (Lipinski definition) is 0. The molecule has 0 aliphatic rings. The standard InChI is InChI=1S/C40H48Br2/c1-33(41)39(35-23-13-9-14-24-35,36-25-15-10-16-26-36)31-21-7-5-3-4-6-8-22-32-40(34(2)42,37-27-17-11-18-28-37)38-29-19-12-20-30-38/h9-20,23-30,33-34H,3-8,21-22,31-32H2,1-2H3. The fourth-order valence-electron chi connectivity index (χ4n) is 7.04. The van der Waals surface area contributed by atoms with E-state index in [-0.39, 0.29) is 10.8 Å². The molecule has 0 N–H and O–H groups in total. The van der Waals surface area contributed by atoms with Crippen LogP contribution in [0.15, 0.2) is 121 Å². The quantitative estimate of drug-likeness (QED) is 0.0765. The zero-order chi connectivity index (χ0) is 29.7. The molecule has 0 bridgehead atoms. The van der Waals surface area contributed by atoms with Gasteiger partial charge in [0.2, 0.25) is 0 Å². The highest BCUT2D eigenvalue weighted by Gasteiger charge is 2.39. The summed E-state index contributed by atoms with van der Waals surface area (Å²) >= 11 is 8.08. The monoisotopic (exact) mass is 686 g/mol. The molecule has 0 aliphatic heterocycles. The third-order valence-electron chi connectivity index (χ3n) is 9.41. The van der Waals surface area contributed by atoms with Crippen molar-refractivity contribution in [2.24, 2.45) is 0 Å². The molecular weight excluding hydrogens is 640 g/mol. The fraction of sp³-hybridized carbons (Fsp3) is 0.400. The molecular formula is C40H48Br2. The summed E-state index contributed by atoms with van der Waals surface area (Å²) in [6.45, 7) is 4.64. The SMILES string of the molecule is CC(Br)C(CCCCCCCCCCC(c1ccccc1)(c1ccccc1)C(C)Br)(c1ccccc1)c1ccccc1. The topological polar surface area (TPSA) is 0 Å². The van der Waals surface area contributed by atoms with Crippen molar-refractivity contribution in [2.75, 3.05) is 0 Å². The van der Waals surface area contributed by atoms with Gasteiger partial charge in [-0.3, -0.25) is 0 Å². The lowest BCUT2D eigenvalue weighted by molar-refractivity contribution is 0.429. The van der Waals surface area contributed by atoms with Crippen LogP contribution in [-0.2, 0) is 10.8 Å². The van der Waals surface area contributed by atoms with E-state index in [1.54, 1.807) is 0 Å². The van der Waals surface area contributed by atoms with Crippen LogP contribution in [0.1, 0.15) is 100 Å².